The van der Waals surface area contributed by atoms with Crippen LogP contribution in [-0.2, 0) is 25.5 Å². The molecule has 0 spiro atoms. The van der Waals surface area contributed by atoms with Crippen molar-refractivity contribution in [3.8, 4) is 11.3 Å². The molecule has 2 fully saturated rings. The first-order valence-electron chi connectivity index (χ1n) is 17.2. The lowest BCUT2D eigenvalue weighted by Crippen LogP contribution is -2.38. The number of ketones is 1. The standard InChI is InChI=1S/C32H31N2O4P.C8H15NO/c1-20(17-23-15-16-38-32(23)37)33-31(36)24(18-21-9-11-25(39)12-10-21)19-30(35)29-14-13-28(34-29)27-8-4-6-22-5-2-3-7-26(22)27;1-2-7-5-3-4-6-9-8(7)10/h2-14,17,20,24,34H,15-16,18-19,39H2,1H3,(H,33,36);7H,2-6H2,1H3,(H,9,10)/b23-17+;. The summed E-state index contributed by atoms with van der Waals surface area (Å²) in [4.78, 5) is 53.1. The average Bonchev–Trinajstić information content (AvgIpc) is 3.70. The minimum Gasteiger partial charge on any atom is -0.462 e. The number of amides is 2. The fourth-order valence-corrected chi connectivity index (χ4v) is 6.57. The van der Waals surface area contributed by atoms with Gasteiger partial charge >= 0.3 is 5.97 Å². The topological polar surface area (TPSA) is 117 Å². The molecule has 2 aliphatic rings. The summed E-state index contributed by atoms with van der Waals surface area (Å²) >= 11 is 0. The summed E-state index contributed by atoms with van der Waals surface area (Å²) in [6.45, 7) is 5.15. The lowest BCUT2D eigenvalue weighted by molar-refractivity contribution is -0.135. The summed E-state index contributed by atoms with van der Waals surface area (Å²) < 4.78 is 5.00. The number of hydrogen-bond acceptors (Lipinski definition) is 5. The van der Waals surface area contributed by atoms with Gasteiger partial charge in [0, 0.05) is 54.1 Å². The molecule has 0 bridgehead atoms. The molecular weight excluding hydrogens is 633 g/mol. The van der Waals surface area contributed by atoms with Gasteiger partial charge in [-0.25, -0.2) is 4.79 Å². The molecule has 2 saturated heterocycles. The molecule has 3 N–H and O–H groups in total. The molecule has 0 aliphatic carbocycles. The second-order valence-corrected chi connectivity index (χ2v) is 13.5. The van der Waals surface area contributed by atoms with E-state index in [1.165, 1.54) is 6.42 Å². The number of carbonyl (C=O) groups excluding carboxylic acids is 4. The third-order valence-electron chi connectivity index (χ3n) is 9.16. The van der Waals surface area contributed by atoms with Crippen molar-refractivity contribution in [2.24, 2.45) is 11.8 Å². The molecule has 4 aromatic rings. The van der Waals surface area contributed by atoms with Gasteiger partial charge in [0.05, 0.1) is 12.3 Å². The number of fused-ring (bicyclic) bond motifs is 1. The van der Waals surface area contributed by atoms with Crippen molar-refractivity contribution in [2.45, 2.75) is 64.8 Å². The monoisotopic (exact) mass is 679 g/mol. The Balaban J connectivity index is 0.000000402. The zero-order valence-corrected chi connectivity index (χ0v) is 29.5. The largest absolute Gasteiger partial charge is 0.462 e. The minimum atomic E-state index is -0.575. The molecule has 0 saturated carbocycles. The first-order valence-corrected chi connectivity index (χ1v) is 17.8. The van der Waals surface area contributed by atoms with Crippen LogP contribution < -0.4 is 15.9 Å². The minimum absolute atomic E-state index is 0.0509. The second kappa shape index (κ2) is 17.2. The van der Waals surface area contributed by atoms with E-state index < -0.39 is 5.92 Å². The van der Waals surface area contributed by atoms with Crippen LogP contribution in [0.15, 0.2) is 90.5 Å². The summed E-state index contributed by atoms with van der Waals surface area (Å²) in [7, 11) is 2.65. The highest BCUT2D eigenvalue weighted by Gasteiger charge is 2.26. The Labute approximate surface area is 290 Å². The maximum atomic E-state index is 13.4. The van der Waals surface area contributed by atoms with Gasteiger partial charge in [-0.2, -0.15) is 0 Å². The van der Waals surface area contributed by atoms with Crippen molar-refractivity contribution in [2.75, 3.05) is 13.2 Å². The number of aromatic nitrogens is 1. The van der Waals surface area contributed by atoms with Gasteiger partial charge in [0.1, 0.15) is 0 Å². The van der Waals surface area contributed by atoms with E-state index in [1.54, 1.807) is 12.1 Å². The third-order valence-corrected chi connectivity index (χ3v) is 9.55. The van der Waals surface area contributed by atoms with Gasteiger partial charge in [0.25, 0.3) is 0 Å². The Kier molecular flexibility index (Phi) is 12.6. The molecule has 2 amide bonds. The predicted molar refractivity (Wildman–Crippen MR) is 198 cm³/mol. The number of carbonyl (C=O) groups is 4. The van der Waals surface area contributed by atoms with Crippen molar-refractivity contribution >= 4 is 48.9 Å². The molecule has 4 unspecified atom stereocenters. The highest BCUT2D eigenvalue weighted by Crippen LogP contribution is 2.28. The summed E-state index contributed by atoms with van der Waals surface area (Å²) in [6.07, 6.45) is 7.18. The number of esters is 1. The van der Waals surface area contributed by atoms with E-state index in [2.05, 4.69) is 50.0 Å². The van der Waals surface area contributed by atoms with Gasteiger partial charge in [-0.1, -0.05) is 86.2 Å². The van der Waals surface area contributed by atoms with Crippen LogP contribution in [-0.4, -0.2) is 47.7 Å². The lowest BCUT2D eigenvalue weighted by Gasteiger charge is -2.19. The van der Waals surface area contributed by atoms with Gasteiger partial charge in [-0.05, 0) is 66.4 Å². The Morgan fingerprint density at radius 1 is 1.00 bits per heavy atom. The molecule has 6 rings (SSSR count). The predicted octanol–water partition coefficient (Wildman–Crippen LogP) is 6.46. The van der Waals surface area contributed by atoms with E-state index in [0.717, 1.165) is 58.7 Å². The number of Topliss-reactive ketones (excluding diaryl/α,β-unsaturated/α-hetero) is 1. The van der Waals surface area contributed by atoms with Crippen molar-refractivity contribution in [1.29, 1.82) is 0 Å². The fourth-order valence-electron chi connectivity index (χ4n) is 6.38. The van der Waals surface area contributed by atoms with Gasteiger partial charge in [-0.3, -0.25) is 14.4 Å². The van der Waals surface area contributed by atoms with Gasteiger partial charge in [0.2, 0.25) is 11.8 Å². The molecule has 256 valence electrons. The molecule has 49 heavy (non-hydrogen) atoms. The second-order valence-electron chi connectivity index (χ2n) is 12.8. The summed E-state index contributed by atoms with van der Waals surface area (Å²) in [5, 5.41) is 9.16. The van der Waals surface area contributed by atoms with Crippen molar-refractivity contribution < 1.29 is 23.9 Å². The maximum absolute atomic E-state index is 13.4. The van der Waals surface area contributed by atoms with Gasteiger partial charge in [0.15, 0.2) is 5.78 Å². The molecule has 4 atom stereocenters. The third kappa shape index (κ3) is 9.76. The van der Waals surface area contributed by atoms with E-state index >= 15 is 0 Å². The summed E-state index contributed by atoms with van der Waals surface area (Å²) in [5.74, 6) is -0.713. The van der Waals surface area contributed by atoms with Gasteiger partial charge in [-0.15, -0.1) is 9.24 Å². The first-order chi connectivity index (χ1) is 23.7. The number of benzene rings is 3. The fraction of sp³-hybridized carbons (Fsp3) is 0.350. The van der Waals surface area contributed by atoms with Gasteiger partial charge < -0.3 is 20.4 Å². The van der Waals surface area contributed by atoms with Crippen molar-refractivity contribution in [1.82, 2.24) is 15.6 Å². The smallest absolute Gasteiger partial charge is 0.333 e. The zero-order chi connectivity index (χ0) is 34.8. The maximum Gasteiger partial charge on any atom is 0.333 e. The summed E-state index contributed by atoms with van der Waals surface area (Å²) in [6, 6.07) is 25.4. The zero-order valence-electron chi connectivity index (χ0n) is 28.3. The molecule has 2 aliphatic heterocycles. The Bertz CT molecular complexity index is 1810. The molecule has 0 radical (unpaired) electrons. The van der Waals surface area contributed by atoms with E-state index in [0.29, 0.717) is 36.6 Å². The Morgan fingerprint density at radius 3 is 2.53 bits per heavy atom. The quantitative estimate of drug-likeness (QED) is 0.0771. The van der Waals surface area contributed by atoms with Crippen LogP contribution in [0.2, 0.25) is 0 Å². The van der Waals surface area contributed by atoms with Crippen LogP contribution in [0.4, 0.5) is 0 Å². The van der Waals surface area contributed by atoms with Crippen LogP contribution in [0.25, 0.3) is 22.0 Å². The van der Waals surface area contributed by atoms with Crippen molar-refractivity contribution in [3.05, 3.63) is 102 Å². The van der Waals surface area contributed by atoms with Crippen LogP contribution in [0.1, 0.15) is 68.4 Å². The molecule has 8 nitrogen and oxygen atoms in total. The van der Waals surface area contributed by atoms with Crippen LogP contribution in [0.5, 0.6) is 0 Å². The molecule has 1 aromatic heterocycles. The van der Waals surface area contributed by atoms with Crippen LogP contribution in [0, 0.1) is 11.8 Å². The number of hydrogen-bond donors (Lipinski definition) is 3. The number of rotatable bonds is 10. The highest BCUT2D eigenvalue weighted by atomic mass is 31.0. The van der Waals surface area contributed by atoms with Crippen LogP contribution in [0.3, 0.4) is 0 Å². The lowest BCUT2D eigenvalue weighted by atomic mass is 9.92. The normalized spacial score (nSPS) is 18.1. The SMILES string of the molecule is CC(/C=C1\CCOC1=O)NC(=O)C(CC(=O)c1ccc(-c2cccc3ccccc23)[nH]1)Cc1ccc(P)cc1.CCC1CCCCNC1=O. The van der Waals surface area contributed by atoms with Crippen LogP contribution >= 0.6 is 9.24 Å². The first kappa shape index (κ1) is 35.7. The molecule has 9 heteroatoms. The van der Waals surface area contributed by atoms with Crippen molar-refractivity contribution in [3.63, 3.8) is 0 Å². The van der Waals surface area contributed by atoms with E-state index in [9.17, 15) is 19.2 Å². The molecule has 3 aromatic carbocycles. The number of cyclic esters (lactones) is 1. The van der Waals surface area contributed by atoms with E-state index in [-0.39, 0.29) is 36.0 Å². The molecular formula is C40H46N3O5P. The number of aromatic amines is 1. The molecule has 3 heterocycles. The number of ether oxygens (including phenoxy) is 1. The average molecular weight is 680 g/mol. The highest BCUT2D eigenvalue weighted by molar-refractivity contribution is 7.27. The summed E-state index contributed by atoms with van der Waals surface area (Å²) in [5.41, 5.74) is 3.89. The number of H-pyrrole nitrogens is 1. The van der Waals surface area contributed by atoms with E-state index in [1.807, 2.05) is 61.5 Å². The number of nitrogens with one attached hydrogen (secondary N) is 3. The Hall–Kier alpha value is -4.55. The van der Waals surface area contributed by atoms with E-state index in [4.69, 9.17) is 4.74 Å². The Morgan fingerprint density at radius 2 is 1.78 bits per heavy atom.